The largest absolute Gasteiger partial charge is 0.256 e. The molecule has 0 saturated heterocycles. The van der Waals surface area contributed by atoms with Crippen molar-refractivity contribution >= 4 is 15.9 Å². The molecule has 0 saturated carbocycles. The van der Waals surface area contributed by atoms with Gasteiger partial charge < -0.3 is 0 Å². The highest BCUT2D eigenvalue weighted by molar-refractivity contribution is 9.10. The Kier molecular flexibility index (Phi) is 4.73. The molecule has 0 aliphatic heterocycles. The van der Waals surface area contributed by atoms with E-state index in [9.17, 15) is 5.26 Å². The second-order valence-electron chi connectivity index (χ2n) is 5.82. The van der Waals surface area contributed by atoms with Gasteiger partial charge in [-0.2, -0.15) is 5.26 Å². The van der Waals surface area contributed by atoms with E-state index in [4.69, 9.17) is 0 Å². The first kappa shape index (κ1) is 17.1. The van der Waals surface area contributed by atoms with Crippen molar-refractivity contribution in [2.24, 2.45) is 0 Å². The molecule has 0 amide bonds. The molecule has 128 valence electrons. The molecule has 0 N–H and O–H groups in total. The highest BCUT2D eigenvalue weighted by Crippen LogP contribution is 2.40. The molecular weight excluding hydrogens is 400 g/mol. The van der Waals surface area contributed by atoms with Crippen LogP contribution in [0.4, 0.5) is 0 Å². The van der Waals surface area contributed by atoms with Gasteiger partial charge in [-0.15, -0.1) is 10.2 Å². The van der Waals surface area contributed by atoms with E-state index in [0.29, 0.717) is 17.0 Å². The number of nitrogens with zero attached hydrogens (tertiary/aromatic N) is 4. The Labute approximate surface area is 165 Å². The molecule has 4 rings (SSSR count). The number of rotatable bonds is 3. The Balaban J connectivity index is 2.14. The first-order chi connectivity index (χ1) is 13.3. The van der Waals surface area contributed by atoms with E-state index >= 15 is 0 Å². The number of hydrogen-bond donors (Lipinski definition) is 0. The lowest BCUT2D eigenvalue weighted by Gasteiger charge is -2.15. The van der Waals surface area contributed by atoms with Crippen LogP contribution in [0.2, 0.25) is 0 Å². The minimum absolute atomic E-state index is 0.253. The van der Waals surface area contributed by atoms with E-state index in [2.05, 4.69) is 37.2 Å². The van der Waals surface area contributed by atoms with Crippen LogP contribution in [-0.2, 0) is 0 Å². The lowest BCUT2D eigenvalue weighted by Crippen LogP contribution is -2.02. The third-order valence-electron chi connectivity index (χ3n) is 4.19. The first-order valence-corrected chi connectivity index (χ1v) is 9.11. The lowest BCUT2D eigenvalue weighted by atomic mass is 9.92. The van der Waals surface area contributed by atoms with Gasteiger partial charge in [-0.05, 0) is 23.8 Å². The predicted octanol–water partition coefficient (Wildman–Crippen LogP) is 5.51. The molecule has 0 spiro atoms. The van der Waals surface area contributed by atoms with E-state index in [1.54, 1.807) is 6.20 Å². The maximum absolute atomic E-state index is 9.68. The Morgan fingerprint density at radius 3 is 2.22 bits per heavy atom. The fourth-order valence-corrected chi connectivity index (χ4v) is 3.48. The number of benzene rings is 2. The standard InChI is InChI=1S/C22H13BrN4/c23-17-11-5-4-10-16(17)22-20(15-8-2-1-3-9-15)21(19(14-24)26-27-22)18-12-6-7-13-25-18/h1-13H. The summed E-state index contributed by atoms with van der Waals surface area (Å²) >= 11 is 3.61. The molecular formula is C22H13BrN4. The van der Waals surface area contributed by atoms with E-state index < -0.39 is 0 Å². The molecule has 0 unspecified atom stereocenters. The Morgan fingerprint density at radius 2 is 1.52 bits per heavy atom. The van der Waals surface area contributed by atoms with Gasteiger partial charge in [0.1, 0.15) is 11.8 Å². The summed E-state index contributed by atoms with van der Waals surface area (Å²) in [6.45, 7) is 0. The topological polar surface area (TPSA) is 62.5 Å². The fourth-order valence-electron chi connectivity index (χ4n) is 3.00. The van der Waals surface area contributed by atoms with Gasteiger partial charge in [0, 0.05) is 27.4 Å². The molecule has 0 radical (unpaired) electrons. The van der Waals surface area contributed by atoms with Crippen molar-refractivity contribution in [3.63, 3.8) is 0 Å². The molecule has 2 aromatic heterocycles. The van der Waals surface area contributed by atoms with E-state index in [1.165, 1.54) is 0 Å². The molecule has 0 atom stereocenters. The van der Waals surface area contributed by atoms with Crippen molar-refractivity contribution in [1.82, 2.24) is 15.2 Å². The van der Waals surface area contributed by atoms with Gasteiger partial charge in [0.2, 0.25) is 0 Å². The molecule has 2 heterocycles. The van der Waals surface area contributed by atoms with Crippen LogP contribution >= 0.6 is 15.9 Å². The molecule has 0 aliphatic rings. The number of halogens is 1. The molecule has 5 heteroatoms. The van der Waals surface area contributed by atoms with Crippen molar-refractivity contribution in [1.29, 1.82) is 5.26 Å². The van der Waals surface area contributed by atoms with Crippen LogP contribution in [0, 0.1) is 11.3 Å². The monoisotopic (exact) mass is 412 g/mol. The maximum atomic E-state index is 9.68. The molecule has 0 aliphatic carbocycles. The van der Waals surface area contributed by atoms with E-state index in [-0.39, 0.29) is 5.69 Å². The fraction of sp³-hybridized carbons (Fsp3) is 0. The zero-order valence-corrected chi connectivity index (χ0v) is 15.8. The summed E-state index contributed by atoms with van der Waals surface area (Å²) in [7, 11) is 0. The average Bonchev–Trinajstić information content (AvgIpc) is 2.74. The second kappa shape index (κ2) is 7.48. The van der Waals surface area contributed by atoms with Crippen LogP contribution in [0.5, 0.6) is 0 Å². The smallest absolute Gasteiger partial charge is 0.173 e. The van der Waals surface area contributed by atoms with Gasteiger partial charge in [-0.25, -0.2) is 0 Å². The minimum atomic E-state index is 0.253. The lowest BCUT2D eigenvalue weighted by molar-refractivity contribution is 1.02. The maximum Gasteiger partial charge on any atom is 0.173 e. The Hall–Kier alpha value is -3.36. The minimum Gasteiger partial charge on any atom is -0.256 e. The third-order valence-corrected chi connectivity index (χ3v) is 4.88. The van der Waals surface area contributed by atoms with Crippen LogP contribution < -0.4 is 0 Å². The van der Waals surface area contributed by atoms with Gasteiger partial charge >= 0.3 is 0 Å². The quantitative estimate of drug-likeness (QED) is 0.445. The Bertz CT molecular complexity index is 1140. The van der Waals surface area contributed by atoms with Gasteiger partial charge in [0.25, 0.3) is 0 Å². The van der Waals surface area contributed by atoms with Crippen LogP contribution in [0.25, 0.3) is 33.6 Å². The van der Waals surface area contributed by atoms with Gasteiger partial charge in [-0.3, -0.25) is 4.98 Å². The highest BCUT2D eigenvalue weighted by atomic mass is 79.9. The third kappa shape index (κ3) is 3.23. The normalized spacial score (nSPS) is 10.4. The molecule has 4 nitrogen and oxygen atoms in total. The van der Waals surface area contributed by atoms with Crippen LogP contribution in [0.3, 0.4) is 0 Å². The van der Waals surface area contributed by atoms with Crippen molar-refractivity contribution < 1.29 is 0 Å². The summed E-state index contributed by atoms with van der Waals surface area (Å²) in [5, 5.41) is 18.3. The molecule has 0 fully saturated rings. The number of aromatic nitrogens is 3. The summed E-state index contributed by atoms with van der Waals surface area (Å²) in [4.78, 5) is 4.47. The molecule has 27 heavy (non-hydrogen) atoms. The zero-order valence-electron chi connectivity index (χ0n) is 14.2. The van der Waals surface area contributed by atoms with Crippen LogP contribution in [0.15, 0.2) is 83.5 Å². The molecule has 4 aromatic rings. The van der Waals surface area contributed by atoms with Gasteiger partial charge in [-0.1, -0.05) is 70.5 Å². The van der Waals surface area contributed by atoms with E-state index in [1.807, 2.05) is 72.8 Å². The van der Waals surface area contributed by atoms with E-state index in [0.717, 1.165) is 21.2 Å². The summed E-state index contributed by atoms with van der Waals surface area (Å²) in [6.07, 6.45) is 1.71. The van der Waals surface area contributed by atoms with Crippen LogP contribution in [0.1, 0.15) is 5.69 Å². The number of pyridine rings is 1. The predicted molar refractivity (Wildman–Crippen MR) is 109 cm³/mol. The summed E-state index contributed by atoms with van der Waals surface area (Å²) in [5.41, 5.74) is 5.03. The van der Waals surface area contributed by atoms with Gasteiger partial charge in [0.15, 0.2) is 5.69 Å². The summed E-state index contributed by atoms with van der Waals surface area (Å²) in [6, 6.07) is 25.6. The van der Waals surface area contributed by atoms with Crippen molar-refractivity contribution in [3.05, 3.63) is 89.2 Å². The summed E-state index contributed by atoms with van der Waals surface area (Å²) in [5.74, 6) is 0. The molecule has 2 aromatic carbocycles. The SMILES string of the molecule is N#Cc1nnc(-c2ccccc2Br)c(-c2ccccc2)c1-c1ccccn1. The average molecular weight is 413 g/mol. The Morgan fingerprint density at radius 1 is 0.778 bits per heavy atom. The number of nitriles is 1. The second-order valence-corrected chi connectivity index (χ2v) is 6.67. The molecule has 0 bridgehead atoms. The zero-order chi connectivity index (χ0) is 18.6. The van der Waals surface area contributed by atoms with Crippen molar-refractivity contribution in [2.75, 3.05) is 0 Å². The summed E-state index contributed by atoms with van der Waals surface area (Å²) < 4.78 is 0.910. The first-order valence-electron chi connectivity index (χ1n) is 8.32. The number of hydrogen-bond acceptors (Lipinski definition) is 4. The van der Waals surface area contributed by atoms with Gasteiger partial charge in [0.05, 0.1) is 5.69 Å². The van der Waals surface area contributed by atoms with Crippen molar-refractivity contribution in [3.8, 4) is 39.7 Å². The highest BCUT2D eigenvalue weighted by Gasteiger charge is 2.22. The van der Waals surface area contributed by atoms with Crippen molar-refractivity contribution in [2.45, 2.75) is 0 Å². The van der Waals surface area contributed by atoms with Crippen LogP contribution in [-0.4, -0.2) is 15.2 Å².